The highest BCUT2D eigenvalue weighted by Gasteiger charge is 2.22. The molecule has 1 aliphatic heterocycles. The average Bonchev–Trinajstić information content (AvgIpc) is 2.44. The van der Waals surface area contributed by atoms with Crippen molar-refractivity contribution >= 4 is 5.69 Å². The number of aryl methyl sites for hydroxylation is 1. The predicted molar refractivity (Wildman–Crippen MR) is 89.9 cm³/mol. The summed E-state index contributed by atoms with van der Waals surface area (Å²) in [6, 6.07) is 6.90. The number of rotatable bonds is 6. The first-order valence-corrected chi connectivity index (χ1v) is 8.14. The van der Waals surface area contributed by atoms with Gasteiger partial charge in [0, 0.05) is 39.0 Å². The summed E-state index contributed by atoms with van der Waals surface area (Å²) in [6.45, 7) is 11.9. The normalized spacial score (nSPS) is 22.6. The van der Waals surface area contributed by atoms with Gasteiger partial charge in [-0.05, 0) is 48.4 Å². The van der Waals surface area contributed by atoms with Crippen LogP contribution in [-0.2, 0) is 11.3 Å². The molecule has 1 aliphatic rings. The van der Waals surface area contributed by atoms with Crippen LogP contribution >= 0.6 is 0 Å². The second-order valence-corrected chi connectivity index (χ2v) is 6.63. The molecular formula is C18H30N2O. The van der Waals surface area contributed by atoms with Crippen molar-refractivity contribution in [1.29, 1.82) is 0 Å². The molecule has 0 radical (unpaired) electrons. The number of hydrogen-bond donors (Lipinski definition) is 1. The number of nitrogens with zero attached hydrogens (tertiary/aromatic N) is 1. The van der Waals surface area contributed by atoms with Crippen molar-refractivity contribution in [2.45, 2.75) is 33.7 Å². The zero-order chi connectivity index (χ0) is 15.2. The van der Waals surface area contributed by atoms with Gasteiger partial charge in [-0.15, -0.1) is 0 Å². The minimum Gasteiger partial charge on any atom is -0.383 e. The molecule has 21 heavy (non-hydrogen) atoms. The third-order valence-electron chi connectivity index (χ3n) is 4.36. The van der Waals surface area contributed by atoms with Crippen LogP contribution in [0.4, 0.5) is 5.69 Å². The molecule has 118 valence electrons. The molecule has 2 unspecified atom stereocenters. The topological polar surface area (TPSA) is 24.5 Å². The van der Waals surface area contributed by atoms with Gasteiger partial charge in [0.05, 0.1) is 6.61 Å². The van der Waals surface area contributed by atoms with Crippen LogP contribution in [0.2, 0.25) is 0 Å². The maximum atomic E-state index is 5.06. The van der Waals surface area contributed by atoms with Crippen LogP contribution in [0.1, 0.15) is 31.4 Å². The average molecular weight is 290 g/mol. The van der Waals surface area contributed by atoms with Gasteiger partial charge in [-0.25, -0.2) is 0 Å². The van der Waals surface area contributed by atoms with Crippen molar-refractivity contribution in [3.8, 4) is 0 Å². The summed E-state index contributed by atoms with van der Waals surface area (Å²) < 4.78 is 5.06. The van der Waals surface area contributed by atoms with E-state index in [9.17, 15) is 0 Å². The van der Waals surface area contributed by atoms with Crippen LogP contribution in [0.15, 0.2) is 18.2 Å². The minimum absolute atomic E-state index is 0.765. The van der Waals surface area contributed by atoms with E-state index >= 15 is 0 Å². The first kappa shape index (κ1) is 16.3. The van der Waals surface area contributed by atoms with Crippen molar-refractivity contribution in [2.75, 3.05) is 38.3 Å². The summed E-state index contributed by atoms with van der Waals surface area (Å²) in [7, 11) is 1.74. The van der Waals surface area contributed by atoms with Crippen molar-refractivity contribution < 1.29 is 4.74 Å². The standard InChI is InChI=1S/C18H30N2O/c1-14-9-15(2)13-20(12-14)18-6-5-17(16(3)10-18)11-19-7-8-21-4/h5-6,10,14-15,19H,7-9,11-13H2,1-4H3. The fourth-order valence-corrected chi connectivity index (χ4v) is 3.35. The highest BCUT2D eigenvalue weighted by Crippen LogP contribution is 2.27. The molecule has 3 nitrogen and oxygen atoms in total. The molecule has 0 saturated carbocycles. The lowest BCUT2D eigenvalue weighted by Gasteiger charge is -2.37. The fourth-order valence-electron chi connectivity index (χ4n) is 3.35. The quantitative estimate of drug-likeness (QED) is 0.814. The van der Waals surface area contributed by atoms with Crippen molar-refractivity contribution in [3.05, 3.63) is 29.3 Å². The molecule has 1 N–H and O–H groups in total. The number of nitrogens with one attached hydrogen (secondary N) is 1. The van der Waals surface area contributed by atoms with E-state index in [-0.39, 0.29) is 0 Å². The van der Waals surface area contributed by atoms with Gasteiger partial charge >= 0.3 is 0 Å². The number of benzene rings is 1. The number of anilines is 1. The van der Waals surface area contributed by atoms with E-state index in [0.29, 0.717) is 0 Å². The van der Waals surface area contributed by atoms with E-state index in [1.165, 1.54) is 36.3 Å². The molecule has 2 atom stereocenters. The summed E-state index contributed by atoms with van der Waals surface area (Å²) in [5.74, 6) is 1.59. The number of methoxy groups -OCH3 is 1. The van der Waals surface area contributed by atoms with Crippen LogP contribution in [0, 0.1) is 18.8 Å². The largest absolute Gasteiger partial charge is 0.383 e. The second-order valence-electron chi connectivity index (χ2n) is 6.63. The smallest absolute Gasteiger partial charge is 0.0587 e. The van der Waals surface area contributed by atoms with E-state index in [2.05, 4.69) is 49.2 Å². The number of piperidine rings is 1. The van der Waals surface area contributed by atoms with Crippen molar-refractivity contribution in [2.24, 2.45) is 11.8 Å². The molecule has 1 fully saturated rings. The third-order valence-corrected chi connectivity index (χ3v) is 4.36. The first-order valence-electron chi connectivity index (χ1n) is 8.14. The van der Waals surface area contributed by atoms with Crippen molar-refractivity contribution in [1.82, 2.24) is 5.32 Å². The van der Waals surface area contributed by atoms with E-state index in [1.807, 2.05) is 0 Å². The molecule has 0 aliphatic carbocycles. The van der Waals surface area contributed by atoms with Crippen LogP contribution in [0.3, 0.4) is 0 Å². The summed E-state index contributed by atoms with van der Waals surface area (Å²) in [5, 5.41) is 3.42. The Hall–Kier alpha value is -1.06. The second kappa shape index (κ2) is 7.81. The molecular weight excluding hydrogens is 260 g/mol. The number of hydrogen-bond acceptors (Lipinski definition) is 3. The Morgan fingerprint density at radius 2 is 1.95 bits per heavy atom. The Balaban J connectivity index is 1.98. The highest BCUT2D eigenvalue weighted by molar-refractivity contribution is 5.51. The maximum absolute atomic E-state index is 5.06. The highest BCUT2D eigenvalue weighted by atomic mass is 16.5. The zero-order valence-electron chi connectivity index (χ0n) is 14.0. The monoisotopic (exact) mass is 290 g/mol. The fraction of sp³-hybridized carbons (Fsp3) is 0.667. The molecule has 0 spiro atoms. The first-order chi connectivity index (χ1) is 10.1. The van der Waals surface area contributed by atoms with E-state index in [1.54, 1.807) is 7.11 Å². The lowest BCUT2D eigenvalue weighted by molar-refractivity contribution is 0.199. The van der Waals surface area contributed by atoms with Gasteiger partial charge in [-0.1, -0.05) is 19.9 Å². The maximum Gasteiger partial charge on any atom is 0.0587 e. The summed E-state index contributed by atoms with van der Waals surface area (Å²) in [4.78, 5) is 2.55. The third kappa shape index (κ3) is 4.72. The lowest BCUT2D eigenvalue weighted by atomic mass is 9.91. The Kier molecular flexibility index (Phi) is 6.07. The predicted octanol–water partition coefficient (Wildman–Crippen LogP) is 3.21. The van der Waals surface area contributed by atoms with Gasteiger partial charge in [-0.2, -0.15) is 0 Å². The van der Waals surface area contributed by atoms with Gasteiger partial charge in [-0.3, -0.25) is 0 Å². The molecule has 1 aromatic rings. The molecule has 2 rings (SSSR count). The van der Waals surface area contributed by atoms with Crippen molar-refractivity contribution in [3.63, 3.8) is 0 Å². The molecule has 1 aromatic carbocycles. The van der Waals surface area contributed by atoms with E-state index in [4.69, 9.17) is 4.74 Å². The molecule has 0 aromatic heterocycles. The van der Waals surface area contributed by atoms with Crippen LogP contribution < -0.4 is 10.2 Å². The SMILES string of the molecule is COCCNCc1ccc(N2CC(C)CC(C)C2)cc1C. The molecule has 1 heterocycles. The Morgan fingerprint density at radius 3 is 2.57 bits per heavy atom. The van der Waals surface area contributed by atoms with E-state index in [0.717, 1.165) is 31.5 Å². The van der Waals surface area contributed by atoms with Crippen LogP contribution in [0.25, 0.3) is 0 Å². The van der Waals surface area contributed by atoms with Gasteiger partial charge < -0.3 is 15.0 Å². The molecule has 0 bridgehead atoms. The zero-order valence-corrected chi connectivity index (χ0v) is 14.0. The van der Waals surface area contributed by atoms with E-state index < -0.39 is 0 Å². The molecule has 1 saturated heterocycles. The van der Waals surface area contributed by atoms with Gasteiger partial charge in [0.2, 0.25) is 0 Å². The minimum atomic E-state index is 0.765. The summed E-state index contributed by atoms with van der Waals surface area (Å²) >= 11 is 0. The molecule has 3 heteroatoms. The van der Waals surface area contributed by atoms with Gasteiger partial charge in [0.15, 0.2) is 0 Å². The summed E-state index contributed by atoms with van der Waals surface area (Å²) in [5.41, 5.74) is 4.14. The Labute approximate surface area is 129 Å². The Bertz CT molecular complexity index is 437. The lowest BCUT2D eigenvalue weighted by Crippen LogP contribution is -2.38. The van der Waals surface area contributed by atoms with Crippen LogP contribution in [-0.4, -0.2) is 33.4 Å². The van der Waals surface area contributed by atoms with Crippen LogP contribution in [0.5, 0.6) is 0 Å². The Morgan fingerprint density at radius 1 is 1.24 bits per heavy atom. The number of ether oxygens (including phenoxy) is 1. The van der Waals surface area contributed by atoms with Gasteiger partial charge in [0.1, 0.15) is 0 Å². The summed E-state index contributed by atoms with van der Waals surface area (Å²) in [6.07, 6.45) is 1.36. The molecule has 0 amide bonds. The van der Waals surface area contributed by atoms with Gasteiger partial charge in [0.25, 0.3) is 0 Å².